The fourth-order valence-electron chi connectivity index (χ4n) is 2.44. The second-order valence-electron chi connectivity index (χ2n) is 5.36. The van der Waals surface area contributed by atoms with E-state index in [4.69, 9.17) is 0 Å². The van der Waals surface area contributed by atoms with Crippen LogP contribution in [0.4, 0.5) is 17.1 Å². The number of nitrogens with one attached hydrogen (secondary N) is 2. The maximum Gasteiger partial charge on any atom is 0.232 e. The first-order valence-corrected chi connectivity index (χ1v) is 10.1. The summed E-state index contributed by atoms with van der Waals surface area (Å²) in [5.74, 6) is 0. The minimum atomic E-state index is -3.51. The van der Waals surface area contributed by atoms with Crippen molar-refractivity contribution in [2.45, 2.75) is 6.42 Å². The summed E-state index contributed by atoms with van der Waals surface area (Å²) in [7, 11) is -2.11. The molecule has 1 aliphatic heterocycles. The lowest BCUT2D eigenvalue weighted by Gasteiger charge is -2.27. The maximum absolute atomic E-state index is 11.8. The van der Waals surface area contributed by atoms with E-state index >= 15 is 0 Å². The predicted octanol–water partition coefficient (Wildman–Crippen LogP) is 0.0881. The van der Waals surface area contributed by atoms with Crippen LogP contribution in [0, 0.1) is 0 Å². The standard InChI is InChI=1S/C13H22N4O4S2/c1-16(23(2,20)21)13-10-11(4-5-12(13)15-22(18)19)17-8-3-6-14-7-9-17/h4-5,10,14-15H,3,6-9H2,1-2H3,(H,18,19)/p-1. The number of nitrogens with zero attached hydrogens (tertiary/aromatic N) is 2. The first-order chi connectivity index (χ1) is 10.8. The molecule has 0 aliphatic carbocycles. The molecule has 2 N–H and O–H groups in total. The molecule has 2 rings (SSSR count). The van der Waals surface area contributed by atoms with Gasteiger partial charge >= 0.3 is 0 Å². The Hall–Kier alpha value is -1.36. The second kappa shape index (κ2) is 7.47. The molecule has 1 unspecified atom stereocenters. The molecule has 10 heteroatoms. The van der Waals surface area contributed by atoms with E-state index in [1.807, 2.05) is 0 Å². The molecule has 0 amide bonds. The van der Waals surface area contributed by atoms with Crippen LogP contribution in [0.2, 0.25) is 0 Å². The molecule has 1 saturated heterocycles. The van der Waals surface area contributed by atoms with Gasteiger partial charge in [-0.15, -0.1) is 0 Å². The molecule has 1 aromatic carbocycles. The van der Waals surface area contributed by atoms with Gasteiger partial charge in [0.2, 0.25) is 10.0 Å². The third-order valence-corrected chi connectivity index (χ3v) is 5.29. The summed E-state index contributed by atoms with van der Waals surface area (Å²) in [6.07, 6.45) is 2.06. The normalized spacial score (nSPS) is 17.4. The summed E-state index contributed by atoms with van der Waals surface area (Å²) in [6, 6.07) is 5.07. The summed E-state index contributed by atoms with van der Waals surface area (Å²) in [5.41, 5.74) is 1.38. The monoisotopic (exact) mass is 361 g/mol. The van der Waals surface area contributed by atoms with Gasteiger partial charge < -0.3 is 19.5 Å². The van der Waals surface area contributed by atoms with Gasteiger partial charge in [0.05, 0.1) is 17.6 Å². The van der Waals surface area contributed by atoms with Crippen molar-refractivity contribution in [3.05, 3.63) is 18.2 Å². The molecule has 0 bridgehead atoms. The minimum absolute atomic E-state index is 0.225. The van der Waals surface area contributed by atoms with Crippen LogP contribution in [0.3, 0.4) is 0 Å². The Morgan fingerprint density at radius 1 is 1.35 bits per heavy atom. The Morgan fingerprint density at radius 2 is 2.09 bits per heavy atom. The Bertz CT molecular complexity index is 673. The van der Waals surface area contributed by atoms with Crippen LogP contribution in [0.5, 0.6) is 0 Å². The highest BCUT2D eigenvalue weighted by Crippen LogP contribution is 2.32. The average molecular weight is 361 g/mol. The highest BCUT2D eigenvalue weighted by atomic mass is 32.2. The zero-order chi connectivity index (χ0) is 17.0. The van der Waals surface area contributed by atoms with E-state index in [2.05, 4.69) is 14.9 Å². The van der Waals surface area contributed by atoms with E-state index in [0.717, 1.165) is 48.8 Å². The first-order valence-electron chi connectivity index (χ1n) is 7.18. The third kappa shape index (κ3) is 4.80. The number of rotatable bonds is 5. The van der Waals surface area contributed by atoms with Crippen LogP contribution in [-0.2, 0) is 21.3 Å². The van der Waals surface area contributed by atoms with E-state index in [1.54, 1.807) is 18.2 Å². The molecule has 1 aromatic rings. The third-order valence-electron chi connectivity index (χ3n) is 3.72. The average Bonchev–Trinajstić information content (AvgIpc) is 2.74. The van der Waals surface area contributed by atoms with Gasteiger partial charge in [-0.05, 0) is 31.2 Å². The molecule has 1 heterocycles. The van der Waals surface area contributed by atoms with Crippen molar-refractivity contribution < 1.29 is 17.2 Å². The van der Waals surface area contributed by atoms with Crippen molar-refractivity contribution in [1.82, 2.24) is 5.32 Å². The number of hydrogen-bond acceptors (Lipinski definition) is 6. The molecule has 0 aromatic heterocycles. The van der Waals surface area contributed by atoms with E-state index < -0.39 is 21.3 Å². The predicted molar refractivity (Wildman–Crippen MR) is 91.9 cm³/mol. The van der Waals surface area contributed by atoms with Crippen molar-refractivity contribution in [3.8, 4) is 0 Å². The Labute approximate surface area is 139 Å². The highest BCUT2D eigenvalue weighted by Gasteiger charge is 2.19. The molecule has 1 atom stereocenters. The van der Waals surface area contributed by atoms with E-state index in [1.165, 1.54) is 7.05 Å². The smallest absolute Gasteiger partial charge is 0.232 e. The van der Waals surface area contributed by atoms with Crippen LogP contribution >= 0.6 is 0 Å². The summed E-state index contributed by atoms with van der Waals surface area (Å²) in [5, 5.41) is 3.30. The van der Waals surface area contributed by atoms with Crippen LogP contribution in [-0.4, -0.2) is 56.7 Å². The van der Waals surface area contributed by atoms with Crippen molar-refractivity contribution in [1.29, 1.82) is 0 Å². The lowest BCUT2D eigenvalue weighted by Crippen LogP contribution is -2.29. The van der Waals surface area contributed by atoms with Gasteiger partial charge in [0.15, 0.2) is 0 Å². The van der Waals surface area contributed by atoms with Gasteiger partial charge in [0, 0.05) is 43.6 Å². The van der Waals surface area contributed by atoms with Crippen LogP contribution in [0.25, 0.3) is 0 Å². The Kier molecular flexibility index (Phi) is 5.84. The van der Waals surface area contributed by atoms with Gasteiger partial charge in [0.25, 0.3) is 0 Å². The summed E-state index contributed by atoms with van der Waals surface area (Å²) >= 11 is -2.53. The van der Waals surface area contributed by atoms with E-state index in [0.29, 0.717) is 5.69 Å². The largest absolute Gasteiger partial charge is 0.755 e. The SMILES string of the molecule is CN(c1cc(N2CCCNCC2)ccc1NS(=O)[O-])S(C)(=O)=O. The number of anilines is 3. The quantitative estimate of drug-likeness (QED) is 0.720. The van der Waals surface area contributed by atoms with Gasteiger partial charge in [0.1, 0.15) is 0 Å². The van der Waals surface area contributed by atoms with Gasteiger partial charge in [-0.25, -0.2) is 8.42 Å². The summed E-state index contributed by atoms with van der Waals surface area (Å²) in [4.78, 5) is 2.15. The highest BCUT2D eigenvalue weighted by molar-refractivity contribution is 7.92. The topological polar surface area (TPSA) is 105 Å². The number of benzene rings is 1. The molecular formula is C13H21N4O4S2-. The minimum Gasteiger partial charge on any atom is -0.755 e. The van der Waals surface area contributed by atoms with Crippen molar-refractivity contribution >= 4 is 38.4 Å². The summed E-state index contributed by atoms with van der Waals surface area (Å²) < 4.78 is 48.8. The van der Waals surface area contributed by atoms with Crippen molar-refractivity contribution in [2.24, 2.45) is 0 Å². The summed E-state index contributed by atoms with van der Waals surface area (Å²) in [6.45, 7) is 3.46. The van der Waals surface area contributed by atoms with E-state index in [-0.39, 0.29) is 5.69 Å². The molecule has 1 aliphatic rings. The molecular weight excluding hydrogens is 340 g/mol. The molecule has 8 nitrogen and oxygen atoms in total. The Morgan fingerprint density at radius 3 is 2.74 bits per heavy atom. The number of hydrogen-bond donors (Lipinski definition) is 2. The van der Waals surface area contributed by atoms with Crippen molar-refractivity contribution in [3.63, 3.8) is 0 Å². The van der Waals surface area contributed by atoms with Gasteiger partial charge in [-0.1, -0.05) is 0 Å². The molecule has 23 heavy (non-hydrogen) atoms. The van der Waals surface area contributed by atoms with Crippen molar-refractivity contribution in [2.75, 3.05) is 53.4 Å². The lowest BCUT2D eigenvalue weighted by atomic mass is 10.2. The zero-order valence-electron chi connectivity index (χ0n) is 13.1. The van der Waals surface area contributed by atoms with Gasteiger partial charge in [-0.2, -0.15) is 0 Å². The molecule has 1 fully saturated rings. The number of sulfonamides is 1. The molecule has 0 spiro atoms. The van der Waals surface area contributed by atoms with Crippen LogP contribution < -0.4 is 19.2 Å². The molecule has 0 radical (unpaired) electrons. The first kappa shape index (κ1) is 18.0. The second-order valence-corrected chi connectivity index (χ2v) is 8.05. The van der Waals surface area contributed by atoms with Gasteiger partial charge in [-0.3, -0.25) is 8.51 Å². The fourth-order valence-corrected chi connectivity index (χ4v) is 3.30. The molecule has 0 saturated carbocycles. The zero-order valence-corrected chi connectivity index (χ0v) is 14.7. The fraction of sp³-hybridized carbons (Fsp3) is 0.538. The lowest BCUT2D eigenvalue weighted by molar-refractivity contribution is 0.542. The molecule has 130 valence electrons. The van der Waals surface area contributed by atoms with Crippen LogP contribution in [0.1, 0.15) is 6.42 Å². The van der Waals surface area contributed by atoms with Crippen LogP contribution in [0.15, 0.2) is 18.2 Å². The van der Waals surface area contributed by atoms with E-state index in [9.17, 15) is 17.2 Å². The Balaban J connectivity index is 2.41. The maximum atomic E-state index is 11.8.